The van der Waals surface area contributed by atoms with Crippen molar-refractivity contribution >= 4 is 17.6 Å². The summed E-state index contributed by atoms with van der Waals surface area (Å²) in [6.07, 6.45) is 3.62. The summed E-state index contributed by atoms with van der Waals surface area (Å²) in [5.41, 5.74) is 7.58. The van der Waals surface area contributed by atoms with Crippen LogP contribution in [0, 0.1) is 0 Å². The molecule has 0 atom stereocenters. The predicted octanol–water partition coefficient (Wildman–Crippen LogP) is 2.10. The quantitative estimate of drug-likeness (QED) is 0.782. The SMILES string of the molecule is CSc1ccc(-c2cnn(C)c2N)cc1O. The molecule has 0 aliphatic rings. The molecule has 0 spiro atoms. The molecule has 2 rings (SSSR count). The first kappa shape index (κ1) is 10.9. The summed E-state index contributed by atoms with van der Waals surface area (Å²) < 4.78 is 1.61. The number of nitrogens with zero attached hydrogens (tertiary/aromatic N) is 2. The zero-order valence-corrected chi connectivity index (χ0v) is 9.95. The summed E-state index contributed by atoms with van der Waals surface area (Å²) in [6, 6.07) is 5.51. The van der Waals surface area contributed by atoms with Gasteiger partial charge in [0.25, 0.3) is 0 Å². The Hall–Kier alpha value is -1.62. The molecular weight excluding hydrogens is 222 g/mol. The van der Waals surface area contributed by atoms with Gasteiger partial charge in [-0.2, -0.15) is 5.10 Å². The van der Waals surface area contributed by atoms with E-state index >= 15 is 0 Å². The number of hydrogen-bond donors (Lipinski definition) is 2. The van der Waals surface area contributed by atoms with Crippen LogP contribution in [-0.4, -0.2) is 21.1 Å². The van der Waals surface area contributed by atoms with Crippen molar-refractivity contribution in [2.75, 3.05) is 12.0 Å². The van der Waals surface area contributed by atoms with Crippen LogP contribution in [0.2, 0.25) is 0 Å². The smallest absolute Gasteiger partial charge is 0.129 e. The Bertz CT molecular complexity index is 522. The van der Waals surface area contributed by atoms with Gasteiger partial charge in [-0.25, -0.2) is 0 Å². The van der Waals surface area contributed by atoms with E-state index in [2.05, 4.69) is 5.10 Å². The van der Waals surface area contributed by atoms with E-state index < -0.39 is 0 Å². The maximum Gasteiger partial charge on any atom is 0.129 e. The molecule has 0 unspecified atom stereocenters. The molecule has 16 heavy (non-hydrogen) atoms. The van der Waals surface area contributed by atoms with E-state index in [1.54, 1.807) is 24.0 Å². The Labute approximate surface area is 98.1 Å². The number of benzene rings is 1. The zero-order valence-electron chi connectivity index (χ0n) is 9.14. The van der Waals surface area contributed by atoms with E-state index in [-0.39, 0.29) is 5.75 Å². The van der Waals surface area contributed by atoms with Crippen molar-refractivity contribution in [1.29, 1.82) is 0 Å². The van der Waals surface area contributed by atoms with Crippen LogP contribution in [0.15, 0.2) is 29.3 Å². The lowest BCUT2D eigenvalue weighted by molar-refractivity contribution is 0.463. The second kappa shape index (κ2) is 4.09. The average molecular weight is 235 g/mol. The second-order valence-corrected chi connectivity index (χ2v) is 4.30. The molecule has 0 bridgehead atoms. The van der Waals surface area contributed by atoms with E-state index in [1.165, 1.54) is 11.8 Å². The Balaban J connectivity index is 2.49. The average Bonchev–Trinajstić information content (AvgIpc) is 2.60. The van der Waals surface area contributed by atoms with Crippen LogP contribution in [0.3, 0.4) is 0 Å². The zero-order chi connectivity index (χ0) is 11.7. The standard InChI is InChI=1S/C11H13N3OS/c1-14-11(12)8(6-13-14)7-3-4-10(16-2)9(15)5-7/h3-6,15H,12H2,1-2H3. The van der Waals surface area contributed by atoms with E-state index in [1.807, 2.05) is 18.4 Å². The van der Waals surface area contributed by atoms with Crippen molar-refractivity contribution in [2.24, 2.45) is 7.05 Å². The van der Waals surface area contributed by atoms with Gasteiger partial charge < -0.3 is 10.8 Å². The largest absolute Gasteiger partial charge is 0.507 e. The van der Waals surface area contributed by atoms with Crippen molar-refractivity contribution in [2.45, 2.75) is 4.90 Å². The third-order valence-electron chi connectivity index (χ3n) is 2.47. The van der Waals surface area contributed by atoms with Crippen LogP contribution in [-0.2, 0) is 7.05 Å². The minimum atomic E-state index is 0.272. The summed E-state index contributed by atoms with van der Waals surface area (Å²) in [7, 11) is 1.79. The van der Waals surface area contributed by atoms with E-state index in [0.29, 0.717) is 5.82 Å². The number of nitrogen functional groups attached to an aromatic ring is 1. The van der Waals surface area contributed by atoms with Gasteiger partial charge >= 0.3 is 0 Å². The number of nitrogens with two attached hydrogens (primary N) is 1. The van der Waals surface area contributed by atoms with Gasteiger partial charge in [0, 0.05) is 17.5 Å². The number of aryl methyl sites for hydroxylation is 1. The lowest BCUT2D eigenvalue weighted by atomic mass is 10.1. The molecule has 1 aromatic heterocycles. The third-order valence-corrected chi connectivity index (χ3v) is 3.26. The number of aromatic hydroxyl groups is 1. The van der Waals surface area contributed by atoms with Crippen LogP contribution in [0.5, 0.6) is 5.75 Å². The van der Waals surface area contributed by atoms with Gasteiger partial charge in [0.2, 0.25) is 0 Å². The van der Waals surface area contributed by atoms with Crippen molar-refractivity contribution in [3.63, 3.8) is 0 Å². The van der Waals surface area contributed by atoms with E-state index in [9.17, 15) is 5.11 Å². The fourth-order valence-electron chi connectivity index (χ4n) is 1.53. The van der Waals surface area contributed by atoms with Crippen LogP contribution < -0.4 is 5.73 Å². The Kier molecular flexibility index (Phi) is 2.78. The van der Waals surface area contributed by atoms with Gasteiger partial charge in [-0.05, 0) is 24.0 Å². The second-order valence-electron chi connectivity index (χ2n) is 3.45. The summed E-state index contributed by atoms with van der Waals surface area (Å²) in [5, 5.41) is 13.8. The monoisotopic (exact) mass is 235 g/mol. The van der Waals surface area contributed by atoms with Gasteiger partial charge in [0.05, 0.1) is 6.20 Å². The number of thioether (sulfide) groups is 1. The number of phenolic OH excluding ortho intramolecular Hbond substituents is 1. The molecule has 0 radical (unpaired) electrons. The van der Waals surface area contributed by atoms with Crippen LogP contribution in [0.25, 0.3) is 11.1 Å². The number of rotatable bonds is 2. The number of phenols is 1. The Morgan fingerprint density at radius 1 is 1.44 bits per heavy atom. The third kappa shape index (κ3) is 1.74. The molecule has 1 heterocycles. The lowest BCUT2D eigenvalue weighted by Gasteiger charge is -2.04. The molecule has 0 saturated heterocycles. The van der Waals surface area contributed by atoms with E-state index in [4.69, 9.17) is 5.73 Å². The fourth-order valence-corrected chi connectivity index (χ4v) is 2.00. The van der Waals surface area contributed by atoms with Crippen molar-refractivity contribution in [3.8, 4) is 16.9 Å². The molecule has 1 aromatic carbocycles. The molecule has 3 N–H and O–H groups in total. The normalized spacial score (nSPS) is 10.6. The van der Waals surface area contributed by atoms with Crippen molar-refractivity contribution in [3.05, 3.63) is 24.4 Å². The number of anilines is 1. The van der Waals surface area contributed by atoms with Gasteiger partial charge in [0.15, 0.2) is 0 Å². The highest BCUT2D eigenvalue weighted by Crippen LogP contribution is 2.33. The molecule has 0 fully saturated rings. The molecule has 0 saturated carbocycles. The highest BCUT2D eigenvalue weighted by Gasteiger charge is 2.09. The van der Waals surface area contributed by atoms with Crippen molar-refractivity contribution in [1.82, 2.24) is 9.78 Å². The summed E-state index contributed by atoms with van der Waals surface area (Å²) >= 11 is 1.51. The molecule has 0 aliphatic carbocycles. The minimum Gasteiger partial charge on any atom is -0.507 e. The number of aromatic nitrogens is 2. The van der Waals surface area contributed by atoms with Crippen LogP contribution in [0.1, 0.15) is 0 Å². The van der Waals surface area contributed by atoms with Gasteiger partial charge in [-0.15, -0.1) is 11.8 Å². The maximum absolute atomic E-state index is 9.76. The molecule has 0 aliphatic heterocycles. The summed E-state index contributed by atoms with van der Waals surface area (Å²) in [4.78, 5) is 0.853. The Morgan fingerprint density at radius 2 is 2.19 bits per heavy atom. The Morgan fingerprint density at radius 3 is 2.69 bits per heavy atom. The summed E-state index contributed by atoms with van der Waals surface area (Å²) in [6.45, 7) is 0. The number of hydrogen-bond acceptors (Lipinski definition) is 4. The molecule has 5 heteroatoms. The van der Waals surface area contributed by atoms with Crippen LogP contribution in [0.4, 0.5) is 5.82 Å². The van der Waals surface area contributed by atoms with Gasteiger partial charge in [-0.1, -0.05) is 6.07 Å². The van der Waals surface area contributed by atoms with Crippen molar-refractivity contribution < 1.29 is 5.11 Å². The predicted molar refractivity (Wildman–Crippen MR) is 66.5 cm³/mol. The molecule has 84 valence electrons. The minimum absolute atomic E-state index is 0.272. The van der Waals surface area contributed by atoms with E-state index in [0.717, 1.165) is 16.0 Å². The summed E-state index contributed by atoms with van der Waals surface area (Å²) in [5.74, 6) is 0.865. The first-order chi connectivity index (χ1) is 7.63. The molecular formula is C11H13N3OS. The maximum atomic E-state index is 9.76. The van der Waals surface area contributed by atoms with Crippen LogP contribution >= 0.6 is 11.8 Å². The lowest BCUT2D eigenvalue weighted by Crippen LogP contribution is -1.97. The first-order valence-electron chi connectivity index (χ1n) is 4.78. The molecule has 0 amide bonds. The highest BCUT2D eigenvalue weighted by molar-refractivity contribution is 7.98. The van der Waals surface area contributed by atoms with Gasteiger partial charge in [0.1, 0.15) is 11.6 Å². The van der Waals surface area contributed by atoms with Gasteiger partial charge in [-0.3, -0.25) is 4.68 Å². The molecule has 4 nitrogen and oxygen atoms in total. The first-order valence-corrected chi connectivity index (χ1v) is 6.01. The fraction of sp³-hybridized carbons (Fsp3) is 0.182. The topological polar surface area (TPSA) is 64.1 Å². The highest BCUT2D eigenvalue weighted by atomic mass is 32.2. The molecule has 2 aromatic rings.